The summed E-state index contributed by atoms with van der Waals surface area (Å²) in [5, 5.41) is 4.94. The summed E-state index contributed by atoms with van der Waals surface area (Å²) in [6.45, 7) is 4.70. The Morgan fingerprint density at radius 2 is 1.23 bits per heavy atom. The van der Waals surface area contributed by atoms with Gasteiger partial charge < -0.3 is 0 Å². The normalized spacial score (nSPS) is 13.5. The Balaban J connectivity index is 1.30. The fourth-order valence-corrected chi connectivity index (χ4v) is 8.98. The number of benzene rings is 6. The first-order chi connectivity index (χ1) is 23.1. The van der Waals surface area contributed by atoms with Crippen LogP contribution in [0, 0.1) is 0 Å². The highest BCUT2D eigenvalue weighted by Crippen LogP contribution is 2.53. The van der Waals surface area contributed by atoms with Crippen molar-refractivity contribution in [3.63, 3.8) is 0 Å². The molecule has 0 bridgehead atoms. The summed E-state index contributed by atoms with van der Waals surface area (Å²) in [6, 6.07) is 47.3. The second kappa shape index (κ2) is 9.68. The summed E-state index contributed by atoms with van der Waals surface area (Å²) in [4.78, 5) is 15.7. The predicted molar refractivity (Wildman–Crippen MR) is 195 cm³/mol. The molecular weight excluding hydrogens is 593 g/mol. The molecule has 3 aromatic heterocycles. The molecule has 1 aliphatic rings. The van der Waals surface area contributed by atoms with Gasteiger partial charge in [0.1, 0.15) is 0 Å². The van der Waals surface area contributed by atoms with Gasteiger partial charge in [0.15, 0.2) is 11.6 Å². The Hall–Kier alpha value is -5.65. The Labute approximate surface area is 275 Å². The van der Waals surface area contributed by atoms with Crippen LogP contribution in [0.25, 0.3) is 81.8 Å². The van der Waals surface area contributed by atoms with E-state index in [0.717, 1.165) is 22.2 Å². The van der Waals surface area contributed by atoms with Gasteiger partial charge in [-0.25, -0.2) is 4.98 Å². The van der Waals surface area contributed by atoms with Gasteiger partial charge >= 0.3 is 0 Å². The third-order valence-electron chi connectivity index (χ3n) is 9.85. The average Bonchev–Trinajstić information content (AvgIpc) is 3.74. The van der Waals surface area contributed by atoms with Crippen LogP contribution in [0.1, 0.15) is 25.0 Å². The number of hydrogen-bond donors (Lipinski definition) is 0. The zero-order chi connectivity index (χ0) is 31.3. The van der Waals surface area contributed by atoms with Crippen LogP contribution in [0.4, 0.5) is 0 Å². The molecule has 6 aromatic carbocycles. The molecule has 5 heteroatoms. The molecule has 47 heavy (non-hydrogen) atoms. The number of fused-ring (bicyclic) bond motifs is 10. The van der Waals surface area contributed by atoms with E-state index in [2.05, 4.69) is 134 Å². The van der Waals surface area contributed by atoms with Gasteiger partial charge in [-0.3, -0.25) is 4.57 Å². The summed E-state index contributed by atoms with van der Waals surface area (Å²) >= 11 is 1.79. The third kappa shape index (κ3) is 3.72. The van der Waals surface area contributed by atoms with E-state index in [1.54, 1.807) is 11.3 Å². The van der Waals surface area contributed by atoms with Crippen molar-refractivity contribution in [2.45, 2.75) is 19.3 Å². The molecule has 0 N–H and O–H groups in total. The Kier molecular flexibility index (Phi) is 5.47. The van der Waals surface area contributed by atoms with Crippen molar-refractivity contribution in [1.82, 2.24) is 19.5 Å². The Morgan fingerprint density at radius 3 is 2.13 bits per heavy atom. The van der Waals surface area contributed by atoms with Crippen LogP contribution >= 0.6 is 11.3 Å². The van der Waals surface area contributed by atoms with Gasteiger partial charge in [0.25, 0.3) is 0 Å². The van der Waals surface area contributed by atoms with E-state index < -0.39 is 0 Å². The molecule has 4 nitrogen and oxygen atoms in total. The molecule has 9 aromatic rings. The van der Waals surface area contributed by atoms with Gasteiger partial charge in [-0.2, -0.15) is 9.97 Å². The first-order valence-corrected chi connectivity index (χ1v) is 16.8. The second-order valence-corrected chi connectivity index (χ2v) is 13.9. The van der Waals surface area contributed by atoms with Crippen LogP contribution in [-0.2, 0) is 5.41 Å². The number of nitrogens with zero attached hydrogens (tertiary/aromatic N) is 4. The summed E-state index contributed by atoms with van der Waals surface area (Å²) in [5.41, 5.74) is 9.35. The van der Waals surface area contributed by atoms with Crippen LogP contribution < -0.4 is 0 Å². The summed E-state index contributed by atoms with van der Waals surface area (Å²) in [5.74, 6) is 1.95. The molecule has 10 rings (SSSR count). The van der Waals surface area contributed by atoms with Crippen molar-refractivity contribution in [3.8, 4) is 39.9 Å². The molecule has 0 radical (unpaired) electrons. The molecule has 0 aliphatic heterocycles. The van der Waals surface area contributed by atoms with E-state index >= 15 is 0 Å². The van der Waals surface area contributed by atoms with Crippen LogP contribution in [0.5, 0.6) is 0 Å². The van der Waals surface area contributed by atoms with Crippen molar-refractivity contribution < 1.29 is 0 Å². The van der Waals surface area contributed by atoms with Gasteiger partial charge in [0, 0.05) is 47.5 Å². The lowest BCUT2D eigenvalue weighted by molar-refractivity contribution is 0.666. The van der Waals surface area contributed by atoms with E-state index in [9.17, 15) is 0 Å². The van der Waals surface area contributed by atoms with E-state index in [1.807, 2.05) is 18.2 Å². The van der Waals surface area contributed by atoms with E-state index in [0.29, 0.717) is 17.6 Å². The SMILES string of the molecule is CC1(C)c2ccccc2-c2ccc3c(c21)c1ccccc1n3-c1nc(-c2ccccc2)nc(-c2cccc3c2sc2ccccc23)n1. The fraction of sp³-hybridized carbons (Fsp3) is 0.0714. The van der Waals surface area contributed by atoms with Crippen LogP contribution in [-0.4, -0.2) is 19.5 Å². The molecule has 1 aliphatic carbocycles. The van der Waals surface area contributed by atoms with Crippen molar-refractivity contribution in [3.05, 3.63) is 145 Å². The minimum Gasteiger partial charge on any atom is -0.278 e. The quantitative estimate of drug-likeness (QED) is 0.197. The molecule has 0 fully saturated rings. The molecule has 0 unspecified atom stereocenters. The first kappa shape index (κ1) is 26.6. The van der Waals surface area contributed by atoms with Gasteiger partial charge in [0.05, 0.1) is 11.0 Å². The molecule has 0 saturated carbocycles. The van der Waals surface area contributed by atoms with E-state index in [-0.39, 0.29) is 5.41 Å². The number of hydrogen-bond acceptors (Lipinski definition) is 4. The second-order valence-electron chi connectivity index (χ2n) is 12.8. The first-order valence-electron chi connectivity index (χ1n) is 16.0. The van der Waals surface area contributed by atoms with Crippen molar-refractivity contribution in [2.24, 2.45) is 0 Å². The maximum atomic E-state index is 5.31. The highest BCUT2D eigenvalue weighted by Gasteiger charge is 2.38. The average molecular weight is 621 g/mol. The zero-order valence-corrected chi connectivity index (χ0v) is 26.7. The lowest BCUT2D eigenvalue weighted by Gasteiger charge is -2.22. The maximum absolute atomic E-state index is 5.31. The number of thiophene rings is 1. The van der Waals surface area contributed by atoms with Crippen LogP contribution in [0.15, 0.2) is 133 Å². The molecule has 0 atom stereocenters. The molecule has 3 heterocycles. The number of para-hydroxylation sites is 1. The monoisotopic (exact) mass is 620 g/mol. The van der Waals surface area contributed by atoms with Gasteiger partial charge in [-0.05, 0) is 46.5 Å². The number of rotatable bonds is 3. The minimum absolute atomic E-state index is 0.156. The Morgan fingerprint density at radius 1 is 0.532 bits per heavy atom. The highest BCUT2D eigenvalue weighted by atomic mass is 32.1. The zero-order valence-electron chi connectivity index (χ0n) is 25.9. The van der Waals surface area contributed by atoms with Gasteiger partial charge in [-0.1, -0.05) is 123 Å². The largest absolute Gasteiger partial charge is 0.278 e. The molecule has 0 spiro atoms. The van der Waals surface area contributed by atoms with Crippen molar-refractivity contribution in [2.75, 3.05) is 0 Å². The fourth-order valence-electron chi connectivity index (χ4n) is 7.77. The van der Waals surface area contributed by atoms with Crippen LogP contribution in [0.2, 0.25) is 0 Å². The number of aromatic nitrogens is 4. The maximum Gasteiger partial charge on any atom is 0.238 e. The predicted octanol–water partition coefficient (Wildman–Crippen LogP) is 11.0. The molecular formula is C42H28N4S. The lowest BCUT2D eigenvalue weighted by Crippen LogP contribution is -2.15. The summed E-state index contributed by atoms with van der Waals surface area (Å²) in [6.07, 6.45) is 0. The highest BCUT2D eigenvalue weighted by molar-refractivity contribution is 7.26. The van der Waals surface area contributed by atoms with E-state index in [4.69, 9.17) is 15.0 Å². The molecule has 0 amide bonds. The van der Waals surface area contributed by atoms with E-state index in [1.165, 1.54) is 53.2 Å². The van der Waals surface area contributed by atoms with Crippen LogP contribution in [0.3, 0.4) is 0 Å². The molecule has 0 saturated heterocycles. The standard InChI is InChI=1S/C42H28N4S/c1-42(2)32-20-9-6-15-26(32)28-23-24-34-36(37(28)42)30-17-7-10-21-33(30)46(34)41-44-39(25-13-4-3-5-14-25)43-40(45-41)31-19-12-18-29-27-16-8-11-22-35(27)47-38(29)31/h3-24H,1-2H3. The lowest BCUT2D eigenvalue weighted by atomic mass is 9.80. The summed E-state index contributed by atoms with van der Waals surface area (Å²) in [7, 11) is 0. The minimum atomic E-state index is -0.156. The molecule has 222 valence electrons. The Bertz CT molecular complexity index is 2720. The summed E-state index contributed by atoms with van der Waals surface area (Å²) < 4.78 is 4.68. The third-order valence-corrected chi connectivity index (χ3v) is 11.1. The van der Waals surface area contributed by atoms with Gasteiger partial charge in [-0.15, -0.1) is 11.3 Å². The topological polar surface area (TPSA) is 43.6 Å². The smallest absolute Gasteiger partial charge is 0.238 e. The van der Waals surface area contributed by atoms with Crippen molar-refractivity contribution in [1.29, 1.82) is 0 Å². The van der Waals surface area contributed by atoms with Crippen molar-refractivity contribution >= 4 is 53.3 Å². The van der Waals surface area contributed by atoms with Gasteiger partial charge in [0.2, 0.25) is 5.95 Å².